The van der Waals surface area contributed by atoms with Crippen molar-refractivity contribution in [1.29, 1.82) is 0 Å². The van der Waals surface area contributed by atoms with Crippen molar-refractivity contribution >= 4 is 11.7 Å². The lowest BCUT2D eigenvalue weighted by atomic mass is 10.1. The molecule has 1 amide bonds. The Labute approximate surface area is 158 Å². The Bertz CT molecular complexity index is 916. The molecule has 0 unspecified atom stereocenters. The third kappa shape index (κ3) is 4.49. The minimum Gasteiger partial charge on any atom is -0.368 e. The molecule has 3 aromatic rings. The number of hydrogen-bond donors (Lipinski definition) is 2. The molecule has 27 heavy (non-hydrogen) atoms. The summed E-state index contributed by atoms with van der Waals surface area (Å²) in [5, 5.41) is 6.11. The first-order valence-corrected chi connectivity index (χ1v) is 9.02. The van der Waals surface area contributed by atoms with Crippen molar-refractivity contribution in [2.24, 2.45) is 0 Å². The molecule has 7 heteroatoms. The Hall–Kier alpha value is -3.22. The number of aryl methyl sites for hydroxylation is 2. The summed E-state index contributed by atoms with van der Waals surface area (Å²) >= 11 is 0. The zero-order valence-electron chi connectivity index (χ0n) is 15.9. The fourth-order valence-electron chi connectivity index (χ4n) is 2.67. The van der Waals surface area contributed by atoms with Crippen LogP contribution in [0.3, 0.4) is 0 Å². The standard InChI is InChI=1S/C20H24N6O/c1-4-16-5-7-17(8-6-16)20(27)22-10-9-21-18-11-19(24-12-23-18)26-13-25-14(2)15(26)3/h5-8,11-13H,4,9-10H2,1-3H3,(H,22,27)(H,21,23,24). The maximum absolute atomic E-state index is 12.2. The van der Waals surface area contributed by atoms with E-state index in [0.29, 0.717) is 24.5 Å². The van der Waals surface area contributed by atoms with Gasteiger partial charge in [0, 0.05) is 30.4 Å². The average Bonchev–Trinajstić information content (AvgIpc) is 3.04. The van der Waals surface area contributed by atoms with E-state index in [-0.39, 0.29) is 5.91 Å². The number of benzene rings is 1. The molecule has 2 aromatic heterocycles. The zero-order valence-corrected chi connectivity index (χ0v) is 15.9. The van der Waals surface area contributed by atoms with Gasteiger partial charge in [0.25, 0.3) is 5.91 Å². The summed E-state index contributed by atoms with van der Waals surface area (Å²) in [5.41, 5.74) is 3.90. The van der Waals surface area contributed by atoms with Crippen LogP contribution >= 0.6 is 0 Å². The highest BCUT2D eigenvalue weighted by molar-refractivity contribution is 5.94. The van der Waals surface area contributed by atoms with Crippen LogP contribution in [0.1, 0.15) is 34.2 Å². The number of rotatable bonds is 7. The Morgan fingerprint density at radius 3 is 2.52 bits per heavy atom. The Balaban J connectivity index is 1.52. The fraction of sp³-hybridized carbons (Fsp3) is 0.300. The molecule has 7 nitrogen and oxygen atoms in total. The van der Waals surface area contributed by atoms with Crippen LogP contribution in [0.2, 0.25) is 0 Å². The van der Waals surface area contributed by atoms with E-state index in [4.69, 9.17) is 0 Å². The first-order chi connectivity index (χ1) is 13.1. The lowest BCUT2D eigenvalue weighted by Gasteiger charge is -2.09. The van der Waals surface area contributed by atoms with Gasteiger partial charge in [0.1, 0.15) is 24.3 Å². The van der Waals surface area contributed by atoms with E-state index in [0.717, 1.165) is 23.6 Å². The summed E-state index contributed by atoms with van der Waals surface area (Å²) in [7, 11) is 0. The second kappa shape index (κ2) is 8.44. The topological polar surface area (TPSA) is 84.7 Å². The van der Waals surface area contributed by atoms with Gasteiger partial charge < -0.3 is 10.6 Å². The van der Waals surface area contributed by atoms with Crippen LogP contribution in [0.4, 0.5) is 5.82 Å². The van der Waals surface area contributed by atoms with Crippen LogP contribution < -0.4 is 10.6 Å². The number of nitrogens with zero attached hydrogens (tertiary/aromatic N) is 4. The predicted molar refractivity (Wildman–Crippen MR) is 105 cm³/mol. The van der Waals surface area contributed by atoms with Crippen LogP contribution in [-0.4, -0.2) is 38.5 Å². The molecule has 3 rings (SSSR count). The minimum absolute atomic E-state index is 0.0765. The minimum atomic E-state index is -0.0765. The summed E-state index contributed by atoms with van der Waals surface area (Å²) in [4.78, 5) is 25.0. The molecule has 0 radical (unpaired) electrons. The molecule has 140 valence electrons. The van der Waals surface area contributed by atoms with E-state index in [9.17, 15) is 4.79 Å². The van der Waals surface area contributed by atoms with Crippen molar-refractivity contribution < 1.29 is 4.79 Å². The van der Waals surface area contributed by atoms with Crippen molar-refractivity contribution in [1.82, 2.24) is 24.8 Å². The fourth-order valence-corrected chi connectivity index (χ4v) is 2.67. The van der Waals surface area contributed by atoms with Gasteiger partial charge in [-0.25, -0.2) is 15.0 Å². The summed E-state index contributed by atoms with van der Waals surface area (Å²) in [6.07, 6.45) is 4.23. The molecule has 0 fully saturated rings. The van der Waals surface area contributed by atoms with E-state index in [2.05, 4.69) is 32.5 Å². The number of amides is 1. The van der Waals surface area contributed by atoms with Crippen molar-refractivity contribution in [3.8, 4) is 5.82 Å². The van der Waals surface area contributed by atoms with Gasteiger partial charge in [-0.1, -0.05) is 19.1 Å². The highest BCUT2D eigenvalue weighted by atomic mass is 16.1. The summed E-state index contributed by atoms with van der Waals surface area (Å²) in [6.45, 7) is 7.12. The van der Waals surface area contributed by atoms with Gasteiger partial charge in [0.15, 0.2) is 0 Å². The smallest absolute Gasteiger partial charge is 0.251 e. The third-order valence-corrected chi connectivity index (χ3v) is 4.49. The van der Waals surface area contributed by atoms with Gasteiger partial charge in [-0.15, -0.1) is 0 Å². The molecule has 0 saturated heterocycles. The van der Waals surface area contributed by atoms with Crippen molar-refractivity contribution in [2.45, 2.75) is 27.2 Å². The highest BCUT2D eigenvalue weighted by Crippen LogP contribution is 2.13. The van der Waals surface area contributed by atoms with Gasteiger partial charge in [-0.2, -0.15) is 0 Å². The second-order valence-electron chi connectivity index (χ2n) is 6.28. The van der Waals surface area contributed by atoms with E-state index in [1.165, 1.54) is 11.9 Å². The van der Waals surface area contributed by atoms with E-state index >= 15 is 0 Å². The molecule has 2 heterocycles. The zero-order chi connectivity index (χ0) is 19.2. The molecular formula is C20H24N6O. The Morgan fingerprint density at radius 1 is 1.07 bits per heavy atom. The molecule has 1 aromatic carbocycles. The number of aromatic nitrogens is 4. The number of nitrogens with one attached hydrogen (secondary N) is 2. The molecule has 0 aliphatic rings. The number of imidazole rings is 1. The summed E-state index contributed by atoms with van der Waals surface area (Å²) in [5.74, 6) is 1.38. The molecule has 0 spiro atoms. The van der Waals surface area contributed by atoms with Gasteiger partial charge in [-0.05, 0) is 38.0 Å². The second-order valence-corrected chi connectivity index (χ2v) is 6.28. The number of hydrogen-bond acceptors (Lipinski definition) is 5. The quantitative estimate of drug-likeness (QED) is 0.630. The molecule has 0 aliphatic heterocycles. The normalized spacial score (nSPS) is 10.6. The SMILES string of the molecule is CCc1ccc(C(=O)NCCNc2cc(-n3cnc(C)c3C)ncn2)cc1. The van der Waals surface area contributed by atoms with E-state index in [1.54, 1.807) is 6.33 Å². The number of carbonyl (C=O) groups is 1. The van der Waals surface area contributed by atoms with Crippen LogP contribution in [-0.2, 0) is 6.42 Å². The van der Waals surface area contributed by atoms with Gasteiger partial charge in [-0.3, -0.25) is 9.36 Å². The van der Waals surface area contributed by atoms with E-state index < -0.39 is 0 Å². The molecular weight excluding hydrogens is 340 g/mol. The first-order valence-electron chi connectivity index (χ1n) is 9.02. The Morgan fingerprint density at radius 2 is 1.85 bits per heavy atom. The summed E-state index contributed by atoms with van der Waals surface area (Å²) in [6, 6.07) is 9.53. The highest BCUT2D eigenvalue weighted by Gasteiger charge is 2.07. The van der Waals surface area contributed by atoms with Crippen molar-refractivity contribution in [3.63, 3.8) is 0 Å². The Kier molecular flexibility index (Phi) is 5.80. The maximum Gasteiger partial charge on any atom is 0.251 e. The van der Waals surface area contributed by atoms with Gasteiger partial charge >= 0.3 is 0 Å². The van der Waals surface area contributed by atoms with Crippen LogP contribution in [0.15, 0.2) is 43.0 Å². The molecule has 0 aliphatic carbocycles. The lowest BCUT2D eigenvalue weighted by molar-refractivity contribution is 0.0955. The lowest BCUT2D eigenvalue weighted by Crippen LogP contribution is -2.28. The number of anilines is 1. The van der Waals surface area contributed by atoms with Crippen molar-refractivity contribution in [3.05, 3.63) is 65.5 Å². The molecule has 0 saturated carbocycles. The van der Waals surface area contributed by atoms with Crippen molar-refractivity contribution in [2.75, 3.05) is 18.4 Å². The maximum atomic E-state index is 12.2. The molecule has 0 bridgehead atoms. The third-order valence-electron chi connectivity index (χ3n) is 4.49. The van der Waals surface area contributed by atoms with E-state index in [1.807, 2.05) is 48.7 Å². The largest absolute Gasteiger partial charge is 0.368 e. The van der Waals surface area contributed by atoms with Crippen LogP contribution in [0, 0.1) is 13.8 Å². The average molecular weight is 364 g/mol. The first kappa shape index (κ1) is 18.6. The van der Waals surface area contributed by atoms with Crippen LogP contribution in [0.25, 0.3) is 5.82 Å². The number of carbonyl (C=O) groups excluding carboxylic acids is 1. The van der Waals surface area contributed by atoms with Crippen LogP contribution in [0.5, 0.6) is 0 Å². The predicted octanol–water partition coefficient (Wildman–Crippen LogP) is 2.68. The van der Waals surface area contributed by atoms with Gasteiger partial charge in [0.05, 0.1) is 5.69 Å². The molecule has 0 atom stereocenters. The monoisotopic (exact) mass is 364 g/mol. The van der Waals surface area contributed by atoms with Gasteiger partial charge in [0.2, 0.25) is 0 Å². The molecule has 2 N–H and O–H groups in total. The summed E-state index contributed by atoms with van der Waals surface area (Å²) < 4.78 is 1.92.